The molecule has 1 N–H and O–H groups in total. The van der Waals surface area contributed by atoms with Crippen molar-refractivity contribution in [2.24, 2.45) is 0 Å². The first-order valence-electron chi connectivity index (χ1n) is 8.56. The SMILES string of the molecule is COc1cc(Cl)cc(C)c1-c1nnc(N[C@@H]2CCN(C)C2)c2nccn12. The van der Waals surface area contributed by atoms with Crippen LogP contribution in [-0.2, 0) is 0 Å². The first kappa shape index (κ1) is 17.1. The lowest BCUT2D eigenvalue weighted by molar-refractivity contribution is 0.414. The van der Waals surface area contributed by atoms with E-state index in [4.69, 9.17) is 16.3 Å². The smallest absolute Gasteiger partial charge is 0.192 e. The van der Waals surface area contributed by atoms with Gasteiger partial charge in [0.25, 0.3) is 0 Å². The van der Waals surface area contributed by atoms with E-state index in [1.165, 1.54) is 0 Å². The zero-order valence-electron chi connectivity index (χ0n) is 15.0. The molecule has 0 bridgehead atoms. The number of anilines is 1. The standard InChI is InChI=1S/C18H21ClN6O/c1-11-8-12(19)9-14(26-3)15(11)17-23-22-16(18-20-5-7-25(17)18)21-13-4-6-24(2)10-13/h5,7-9,13H,4,6,10H2,1-3H3,(H,21,22)/t13-/m1/s1. The Morgan fingerprint density at radius 2 is 2.15 bits per heavy atom. The van der Waals surface area contributed by atoms with Crippen molar-refractivity contribution in [2.45, 2.75) is 19.4 Å². The Kier molecular flexibility index (Phi) is 4.42. The molecule has 1 aliphatic heterocycles. The van der Waals surface area contributed by atoms with Gasteiger partial charge in [-0.1, -0.05) is 11.6 Å². The van der Waals surface area contributed by atoms with Gasteiger partial charge in [0.15, 0.2) is 17.3 Å². The van der Waals surface area contributed by atoms with Crippen LogP contribution >= 0.6 is 11.6 Å². The lowest BCUT2D eigenvalue weighted by Gasteiger charge is -2.16. The zero-order valence-corrected chi connectivity index (χ0v) is 15.8. The molecular formula is C18H21ClN6O. The number of methoxy groups -OCH3 is 1. The van der Waals surface area contributed by atoms with Crippen molar-refractivity contribution in [1.82, 2.24) is 24.5 Å². The van der Waals surface area contributed by atoms with E-state index in [1.807, 2.05) is 23.6 Å². The second kappa shape index (κ2) is 6.74. The minimum absolute atomic E-state index is 0.354. The zero-order chi connectivity index (χ0) is 18.3. The lowest BCUT2D eigenvalue weighted by Crippen LogP contribution is -2.24. The lowest BCUT2D eigenvalue weighted by atomic mass is 10.1. The average molecular weight is 373 g/mol. The van der Waals surface area contributed by atoms with Gasteiger partial charge in [0.2, 0.25) is 0 Å². The molecule has 1 saturated heterocycles. The average Bonchev–Trinajstić information content (AvgIpc) is 3.24. The summed E-state index contributed by atoms with van der Waals surface area (Å²) in [7, 11) is 3.75. The Hall–Kier alpha value is -2.38. The van der Waals surface area contributed by atoms with Crippen molar-refractivity contribution in [3.8, 4) is 17.1 Å². The molecule has 0 radical (unpaired) electrons. The minimum atomic E-state index is 0.354. The number of aryl methyl sites for hydroxylation is 1. The molecule has 2 aromatic heterocycles. The van der Waals surface area contributed by atoms with Crippen LogP contribution in [0.15, 0.2) is 24.5 Å². The third-order valence-electron chi connectivity index (χ3n) is 4.77. The number of hydrogen-bond donors (Lipinski definition) is 1. The van der Waals surface area contributed by atoms with E-state index in [0.717, 1.165) is 36.3 Å². The van der Waals surface area contributed by atoms with Crippen molar-refractivity contribution in [2.75, 3.05) is 32.6 Å². The number of nitrogens with one attached hydrogen (secondary N) is 1. The molecule has 0 amide bonds. The van der Waals surface area contributed by atoms with Crippen LogP contribution in [0.1, 0.15) is 12.0 Å². The fraction of sp³-hybridized carbons (Fsp3) is 0.389. The number of imidazole rings is 1. The third kappa shape index (κ3) is 2.97. The number of ether oxygens (including phenoxy) is 1. The predicted octanol–water partition coefficient (Wildman–Crippen LogP) is 2.88. The molecule has 0 spiro atoms. The Morgan fingerprint density at radius 3 is 2.88 bits per heavy atom. The molecule has 4 rings (SSSR count). The highest BCUT2D eigenvalue weighted by molar-refractivity contribution is 6.31. The summed E-state index contributed by atoms with van der Waals surface area (Å²) in [6.07, 6.45) is 4.72. The second-order valence-electron chi connectivity index (χ2n) is 6.69. The Morgan fingerprint density at radius 1 is 1.31 bits per heavy atom. The van der Waals surface area contributed by atoms with Crippen molar-refractivity contribution < 1.29 is 4.74 Å². The number of fused-ring (bicyclic) bond motifs is 1. The summed E-state index contributed by atoms with van der Waals surface area (Å²) in [6.45, 7) is 4.05. The van der Waals surface area contributed by atoms with Crippen LogP contribution in [0.2, 0.25) is 5.02 Å². The van der Waals surface area contributed by atoms with Crippen LogP contribution in [-0.4, -0.2) is 57.8 Å². The van der Waals surface area contributed by atoms with Crippen LogP contribution in [0.3, 0.4) is 0 Å². The molecule has 7 nitrogen and oxygen atoms in total. The number of likely N-dealkylation sites (N-methyl/N-ethyl adjacent to an activating group) is 1. The molecule has 136 valence electrons. The molecule has 1 atom stereocenters. The number of rotatable bonds is 4. The fourth-order valence-corrected chi connectivity index (χ4v) is 3.77. The van der Waals surface area contributed by atoms with E-state index >= 15 is 0 Å². The highest BCUT2D eigenvalue weighted by atomic mass is 35.5. The van der Waals surface area contributed by atoms with Gasteiger partial charge in [-0.3, -0.25) is 4.40 Å². The third-order valence-corrected chi connectivity index (χ3v) is 4.98. The molecule has 3 aromatic rings. The minimum Gasteiger partial charge on any atom is -0.496 e. The van der Waals surface area contributed by atoms with E-state index in [2.05, 4.69) is 32.4 Å². The van der Waals surface area contributed by atoms with Gasteiger partial charge in [0.05, 0.1) is 12.7 Å². The van der Waals surface area contributed by atoms with Crippen LogP contribution in [0.5, 0.6) is 5.75 Å². The molecule has 1 aliphatic rings. The molecule has 0 aliphatic carbocycles. The molecule has 1 fully saturated rings. The normalized spacial score (nSPS) is 17.8. The van der Waals surface area contributed by atoms with E-state index in [1.54, 1.807) is 19.4 Å². The topological polar surface area (TPSA) is 67.6 Å². The Balaban J connectivity index is 1.79. The van der Waals surface area contributed by atoms with Crippen molar-refractivity contribution in [3.63, 3.8) is 0 Å². The van der Waals surface area contributed by atoms with Gasteiger partial charge in [-0.05, 0) is 44.6 Å². The molecule has 0 unspecified atom stereocenters. The maximum atomic E-state index is 6.17. The first-order chi connectivity index (χ1) is 12.6. The van der Waals surface area contributed by atoms with E-state index in [-0.39, 0.29) is 0 Å². The molecule has 0 saturated carbocycles. The van der Waals surface area contributed by atoms with Crippen LogP contribution in [0.4, 0.5) is 5.82 Å². The molecule has 3 heterocycles. The number of benzene rings is 1. The van der Waals surface area contributed by atoms with E-state index < -0.39 is 0 Å². The number of nitrogens with zero attached hydrogens (tertiary/aromatic N) is 5. The van der Waals surface area contributed by atoms with Crippen molar-refractivity contribution in [3.05, 3.63) is 35.1 Å². The van der Waals surface area contributed by atoms with E-state index in [9.17, 15) is 0 Å². The molecule has 26 heavy (non-hydrogen) atoms. The molecular weight excluding hydrogens is 352 g/mol. The van der Waals surface area contributed by atoms with Crippen LogP contribution in [0.25, 0.3) is 17.0 Å². The van der Waals surface area contributed by atoms with E-state index in [0.29, 0.717) is 28.5 Å². The summed E-state index contributed by atoms with van der Waals surface area (Å²) in [6, 6.07) is 4.03. The maximum absolute atomic E-state index is 6.17. The summed E-state index contributed by atoms with van der Waals surface area (Å²) in [5.74, 6) is 2.04. The first-order valence-corrected chi connectivity index (χ1v) is 8.94. The largest absolute Gasteiger partial charge is 0.496 e. The van der Waals surface area contributed by atoms with Crippen molar-refractivity contribution in [1.29, 1.82) is 0 Å². The second-order valence-corrected chi connectivity index (χ2v) is 7.12. The summed E-state index contributed by atoms with van der Waals surface area (Å²) in [5.41, 5.74) is 2.58. The Bertz CT molecular complexity index is 956. The number of halogens is 1. The van der Waals surface area contributed by atoms with Gasteiger partial charge in [-0.15, -0.1) is 10.2 Å². The number of aromatic nitrogens is 4. The summed E-state index contributed by atoms with van der Waals surface area (Å²) in [5, 5.41) is 13.0. The molecule has 8 heteroatoms. The van der Waals surface area contributed by atoms with Crippen LogP contribution in [0, 0.1) is 6.92 Å². The van der Waals surface area contributed by atoms with Gasteiger partial charge in [0, 0.05) is 30.0 Å². The molecule has 1 aromatic carbocycles. The highest BCUT2D eigenvalue weighted by Crippen LogP contribution is 2.35. The quantitative estimate of drug-likeness (QED) is 0.759. The van der Waals surface area contributed by atoms with Gasteiger partial charge >= 0.3 is 0 Å². The number of likely N-dealkylation sites (tertiary alicyclic amines) is 1. The maximum Gasteiger partial charge on any atom is 0.192 e. The van der Waals surface area contributed by atoms with Gasteiger partial charge in [0.1, 0.15) is 5.75 Å². The predicted molar refractivity (Wildman–Crippen MR) is 102 cm³/mol. The van der Waals surface area contributed by atoms with Gasteiger partial charge < -0.3 is 15.0 Å². The fourth-order valence-electron chi connectivity index (χ4n) is 3.51. The monoisotopic (exact) mass is 372 g/mol. The van der Waals surface area contributed by atoms with Crippen LogP contribution < -0.4 is 10.1 Å². The highest BCUT2D eigenvalue weighted by Gasteiger charge is 2.23. The van der Waals surface area contributed by atoms with Gasteiger partial charge in [-0.2, -0.15) is 0 Å². The van der Waals surface area contributed by atoms with Gasteiger partial charge in [-0.25, -0.2) is 4.98 Å². The van der Waals surface area contributed by atoms with Crippen molar-refractivity contribution >= 4 is 23.1 Å². The summed E-state index contributed by atoms with van der Waals surface area (Å²) >= 11 is 6.17. The summed E-state index contributed by atoms with van der Waals surface area (Å²) < 4.78 is 7.47. The Labute approximate surface area is 157 Å². The number of hydrogen-bond acceptors (Lipinski definition) is 6. The summed E-state index contributed by atoms with van der Waals surface area (Å²) in [4.78, 5) is 6.78.